The summed E-state index contributed by atoms with van der Waals surface area (Å²) >= 11 is 1.34. The molecule has 0 spiro atoms. The summed E-state index contributed by atoms with van der Waals surface area (Å²) in [5, 5.41) is 12.4. The van der Waals surface area contributed by atoms with E-state index in [9.17, 15) is 4.79 Å². The zero-order valence-corrected chi connectivity index (χ0v) is 20.1. The van der Waals surface area contributed by atoms with Crippen LogP contribution in [0.25, 0.3) is 5.69 Å². The van der Waals surface area contributed by atoms with E-state index >= 15 is 0 Å². The van der Waals surface area contributed by atoms with Crippen molar-refractivity contribution in [1.29, 1.82) is 0 Å². The normalized spacial score (nSPS) is 10.7. The molecule has 0 aliphatic carbocycles. The summed E-state index contributed by atoms with van der Waals surface area (Å²) in [5.74, 6) is 2.00. The molecule has 174 valence electrons. The number of aryl methyl sites for hydroxylation is 1. The van der Waals surface area contributed by atoms with Gasteiger partial charge in [0.15, 0.2) is 5.16 Å². The van der Waals surface area contributed by atoms with Crippen LogP contribution in [-0.4, -0.2) is 40.6 Å². The molecule has 3 aromatic carbocycles. The van der Waals surface area contributed by atoms with E-state index in [0.717, 1.165) is 17.1 Å². The van der Waals surface area contributed by atoms with Crippen molar-refractivity contribution >= 4 is 23.4 Å². The lowest BCUT2D eigenvalue weighted by Crippen LogP contribution is -2.15. The van der Waals surface area contributed by atoms with E-state index in [1.54, 1.807) is 32.4 Å². The van der Waals surface area contributed by atoms with Gasteiger partial charge in [0.2, 0.25) is 5.91 Å². The number of methoxy groups -OCH3 is 2. The number of nitrogens with one attached hydrogen (secondary N) is 1. The van der Waals surface area contributed by atoms with E-state index in [1.807, 2.05) is 41.8 Å². The fourth-order valence-corrected chi connectivity index (χ4v) is 4.23. The first-order valence-electron chi connectivity index (χ1n) is 10.8. The first-order valence-corrected chi connectivity index (χ1v) is 11.8. The molecule has 34 heavy (non-hydrogen) atoms. The highest BCUT2D eigenvalue weighted by Gasteiger charge is 2.17. The molecule has 1 N–H and O–H groups in total. The lowest BCUT2D eigenvalue weighted by atomic mass is 10.1. The Morgan fingerprint density at radius 2 is 1.74 bits per heavy atom. The Balaban J connectivity index is 1.53. The molecule has 1 amide bonds. The van der Waals surface area contributed by atoms with Crippen LogP contribution < -0.4 is 14.8 Å². The van der Waals surface area contributed by atoms with Gasteiger partial charge in [-0.25, -0.2) is 0 Å². The number of hydrogen-bond acceptors (Lipinski definition) is 6. The number of benzene rings is 3. The molecule has 7 nitrogen and oxygen atoms in total. The molecule has 1 heterocycles. The SMILES string of the molecule is COc1ccc(NC(=O)CSc2nnc(Cc3ccccc3)n2-c2ccc(C)cc2)c(OC)c1. The van der Waals surface area contributed by atoms with E-state index in [4.69, 9.17) is 9.47 Å². The Morgan fingerprint density at radius 1 is 0.971 bits per heavy atom. The molecule has 0 bridgehead atoms. The predicted molar refractivity (Wildman–Crippen MR) is 134 cm³/mol. The monoisotopic (exact) mass is 474 g/mol. The largest absolute Gasteiger partial charge is 0.497 e. The van der Waals surface area contributed by atoms with Gasteiger partial charge in [-0.2, -0.15) is 0 Å². The second kappa shape index (κ2) is 10.9. The highest BCUT2D eigenvalue weighted by atomic mass is 32.2. The summed E-state index contributed by atoms with van der Waals surface area (Å²) in [6, 6.07) is 23.6. The van der Waals surface area contributed by atoms with Crippen LogP contribution in [0.2, 0.25) is 0 Å². The average Bonchev–Trinajstić information content (AvgIpc) is 3.26. The molecule has 0 fully saturated rings. The highest BCUT2D eigenvalue weighted by molar-refractivity contribution is 7.99. The standard InChI is InChI=1S/C26H26N4O3S/c1-18-9-11-20(12-10-18)30-24(15-19-7-5-4-6-8-19)28-29-26(30)34-17-25(31)27-22-14-13-21(32-2)16-23(22)33-3/h4-14,16H,15,17H2,1-3H3,(H,27,31). The summed E-state index contributed by atoms with van der Waals surface area (Å²) < 4.78 is 12.6. The van der Waals surface area contributed by atoms with Crippen LogP contribution in [0.5, 0.6) is 11.5 Å². The number of aromatic nitrogens is 3. The van der Waals surface area contributed by atoms with Crippen LogP contribution in [0.15, 0.2) is 78.0 Å². The number of ether oxygens (including phenoxy) is 2. The number of amides is 1. The van der Waals surface area contributed by atoms with Gasteiger partial charge in [0.25, 0.3) is 0 Å². The molecule has 8 heteroatoms. The summed E-state index contributed by atoms with van der Waals surface area (Å²) in [5.41, 5.74) is 3.85. The van der Waals surface area contributed by atoms with Crippen LogP contribution in [0, 0.1) is 6.92 Å². The maximum absolute atomic E-state index is 12.7. The van der Waals surface area contributed by atoms with Gasteiger partial charge in [-0.1, -0.05) is 59.8 Å². The van der Waals surface area contributed by atoms with E-state index in [-0.39, 0.29) is 11.7 Å². The molecule has 0 saturated heterocycles. The van der Waals surface area contributed by atoms with Crippen LogP contribution in [0.3, 0.4) is 0 Å². The summed E-state index contributed by atoms with van der Waals surface area (Å²) in [4.78, 5) is 12.7. The van der Waals surface area contributed by atoms with Gasteiger partial charge in [0.05, 0.1) is 25.7 Å². The summed E-state index contributed by atoms with van der Waals surface area (Å²) in [7, 11) is 3.14. The van der Waals surface area contributed by atoms with E-state index in [1.165, 1.54) is 17.3 Å². The van der Waals surface area contributed by atoms with Crippen LogP contribution >= 0.6 is 11.8 Å². The number of thioether (sulfide) groups is 1. The van der Waals surface area contributed by atoms with Crippen molar-refractivity contribution in [2.45, 2.75) is 18.5 Å². The number of rotatable bonds is 9. The number of carbonyl (C=O) groups excluding carboxylic acids is 1. The van der Waals surface area contributed by atoms with Crippen LogP contribution in [0.4, 0.5) is 5.69 Å². The first kappa shape index (κ1) is 23.4. The minimum absolute atomic E-state index is 0.170. The maximum Gasteiger partial charge on any atom is 0.234 e. The van der Waals surface area contributed by atoms with Crippen molar-refractivity contribution < 1.29 is 14.3 Å². The van der Waals surface area contributed by atoms with Crippen LogP contribution in [0.1, 0.15) is 17.0 Å². The Morgan fingerprint density at radius 3 is 2.44 bits per heavy atom. The molecular weight excluding hydrogens is 448 g/mol. The van der Waals surface area contributed by atoms with Crippen molar-refractivity contribution in [1.82, 2.24) is 14.8 Å². The Hall–Kier alpha value is -3.78. The topological polar surface area (TPSA) is 78.3 Å². The van der Waals surface area contributed by atoms with Gasteiger partial charge in [-0.15, -0.1) is 10.2 Å². The van der Waals surface area contributed by atoms with E-state index in [2.05, 4.69) is 39.8 Å². The maximum atomic E-state index is 12.7. The van der Waals surface area contributed by atoms with E-state index in [0.29, 0.717) is 28.8 Å². The number of nitrogens with zero attached hydrogens (tertiary/aromatic N) is 3. The second-order valence-corrected chi connectivity index (χ2v) is 8.58. The molecule has 0 atom stereocenters. The number of carbonyl (C=O) groups is 1. The van der Waals surface area contributed by atoms with Gasteiger partial charge in [-0.3, -0.25) is 9.36 Å². The quantitative estimate of drug-likeness (QED) is 0.347. The van der Waals surface area contributed by atoms with Crippen molar-refractivity contribution in [3.8, 4) is 17.2 Å². The third-order valence-corrected chi connectivity index (χ3v) is 6.14. The van der Waals surface area contributed by atoms with Gasteiger partial charge < -0.3 is 14.8 Å². The van der Waals surface area contributed by atoms with Crippen molar-refractivity contribution in [3.63, 3.8) is 0 Å². The Labute approximate surface area is 203 Å². The predicted octanol–water partition coefficient (Wildman–Crippen LogP) is 4.91. The fraction of sp³-hybridized carbons (Fsp3) is 0.192. The molecule has 0 aliphatic heterocycles. The third-order valence-electron chi connectivity index (χ3n) is 5.21. The van der Waals surface area contributed by atoms with Gasteiger partial charge >= 0.3 is 0 Å². The van der Waals surface area contributed by atoms with Crippen molar-refractivity contribution in [3.05, 3.63) is 89.7 Å². The molecule has 0 radical (unpaired) electrons. The minimum atomic E-state index is -0.170. The summed E-state index contributed by atoms with van der Waals surface area (Å²) in [6.45, 7) is 2.05. The molecule has 4 aromatic rings. The van der Waals surface area contributed by atoms with E-state index < -0.39 is 0 Å². The van der Waals surface area contributed by atoms with Gasteiger partial charge in [-0.05, 0) is 36.8 Å². The molecule has 4 rings (SSSR count). The average molecular weight is 475 g/mol. The Kier molecular flexibility index (Phi) is 7.49. The highest BCUT2D eigenvalue weighted by Crippen LogP contribution is 2.30. The molecule has 0 unspecified atom stereocenters. The fourth-order valence-electron chi connectivity index (χ4n) is 3.46. The van der Waals surface area contributed by atoms with Crippen molar-refractivity contribution in [2.75, 3.05) is 25.3 Å². The molecule has 0 aliphatic rings. The zero-order chi connectivity index (χ0) is 23.9. The number of anilines is 1. The van der Waals surface area contributed by atoms with Gasteiger partial charge in [0.1, 0.15) is 17.3 Å². The van der Waals surface area contributed by atoms with Gasteiger partial charge in [0, 0.05) is 18.2 Å². The van der Waals surface area contributed by atoms with Crippen LogP contribution in [-0.2, 0) is 11.2 Å². The molecule has 0 saturated carbocycles. The van der Waals surface area contributed by atoms with Crippen molar-refractivity contribution in [2.24, 2.45) is 0 Å². The third kappa shape index (κ3) is 5.58. The molecule has 1 aromatic heterocycles. The minimum Gasteiger partial charge on any atom is -0.497 e. The zero-order valence-electron chi connectivity index (χ0n) is 19.3. The number of hydrogen-bond donors (Lipinski definition) is 1. The lowest BCUT2D eigenvalue weighted by Gasteiger charge is -2.12. The molecular formula is C26H26N4O3S. The smallest absolute Gasteiger partial charge is 0.234 e. The Bertz CT molecular complexity index is 1260. The summed E-state index contributed by atoms with van der Waals surface area (Å²) in [6.07, 6.45) is 0.636. The first-order chi connectivity index (χ1) is 16.6. The lowest BCUT2D eigenvalue weighted by molar-refractivity contribution is -0.113. The second-order valence-electron chi connectivity index (χ2n) is 7.64.